The summed E-state index contributed by atoms with van der Waals surface area (Å²) in [6.07, 6.45) is 7.81. The molecule has 1 aromatic heterocycles. The number of pyridine rings is 1. The van der Waals surface area contributed by atoms with Crippen LogP contribution in [0.25, 0.3) is 0 Å². The van der Waals surface area contributed by atoms with Crippen LogP contribution in [-0.4, -0.2) is 23.6 Å². The lowest BCUT2D eigenvalue weighted by Gasteiger charge is -2.24. The van der Waals surface area contributed by atoms with Crippen LogP contribution >= 0.6 is 0 Å². The van der Waals surface area contributed by atoms with Gasteiger partial charge in [0.1, 0.15) is 11.4 Å². The van der Waals surface area contributed by atoms with E-state index in [1.54, 1.807) is 18.3 Å². The molecular weight excluding hydrogens is 228 g/mol. The first-order chi connectivity index (χ1) is 8.81. The number of ether oxygens (including phenoxy) is 1. The number of carbonyl (C=O) groups excluding carboxylic acids is 1. The van der Waals surface area contributed by atoms with Crippen molar-refractivity contribution in [1.82, 2.24) is 4.98 Å². The zero-order valence-electron chi connectivity index (χ0n) is 10.8. The molecule has 18 heavy (non-hydrogen) atoms. The van der Waals surface area contributed by atoms with Crippen LogP contribution in [0.5, 0.6) is 0 Å². The molecule has 2 rings (SSSR count). The van der Waals surface area contributed by atoms with E-state index in [-0.39, 0.29) is 5.97 Å². The molecule has 1 aliphatic carbocycles. The van der Waals surface area contributed by atoms with Crippen LogP contribution in [0, 0.1) is 0 Å². The molecule has 0 bridgehead atoms. The van der Waals surface area contributed by atoms with E-state index < -0.39 is 0 Å². The Bertz CT molecular complexity index is 401. The van der Waals surface area contributed by atoms with E-state index in [9.17, 15) is 4.79 Å². The van der Waals surface area contributed by atoms with Gasteiger partial charge in [0.2, 0.25) is 0 Å². The highest BCUT2D eigenvalue weighted by atomic mass is 16.5. The summed E-state index contributed by atoms with van der Waals surface area (Å²) < 4.78 is 5.04. The molecule has 0 aliphatic heterocycles. The number of hydrogen-bond acceptors (Lipinski definition) is 4. The largest absolute Gasteiger partial charge is 0.462 e. The highest BCUT2D eigenvalue weighted by molar-refractivity contribution is 5.94. The summed E-state index contributed by atoms with van der Waals surface area (Å²) in [5.74, 6) is 0.353. The van der Waals surface area contributed by atoms with Crippen molar-refractivity contribution >= 4 is 11.8 Å². The molecule has 0 radical (unpaired) electrons. The SMILES string of the molecule is CCOC(=O)c1cccnc1NC1CCCCC1. The number of esters is 1. The second-order valence-electron chi connectivity index (χ2n) is 4.60. The number of nitrogens with one attached hydrogen (secondary N) is 1. The number of carbonyl (C=O) groups is 1. The maximum Gasteiger partial charge on any atom is 0.341 e. The summed E-state index contributed by atoms with van der Waals surface area (Å²) in [5, 5.41) is 3.38. The Kier molecular flexibility index (Phi) is 4.56. The van der Waals surface area contributed by atoms with Crippen molar-refractivity contribution in [3.8, 4) is 0 Å². The molecule has 0 aromatic carbocycles. The number of aromatic nitrogens is 1. The monoisotopic (exact) mass is 248 g/mol. The maximum atomic E-state index is 11.8. The Balaban J connectivity index is 2.08. The van der Waals surface area contributed by atoms with Gasteiger partial charge < -0.3 is 10.1 Å². The average Bonchev–Trinajstić information content (AvgIpc) is 2.41. The third kappa shape index (κ3) is 3.22. The Hall–Kier alpha value is -1.58. The minimum absolute atomic E-state index is 0.302. The molecule has 4 nitrogen and oxygen atoms in total. The molecule has 0 unspecified atom stereocenters. The van der Waals surface area contributed by atoms with Gasteiger partial charge in [0.25, 0.3) is 0 Å². The van der Waals surface area contributed by atoms with E-state index in [2.05, 4.69) is 10.3 Å². The first-order valence-electron chi connectivity index (χ1n) is 6.70. The van der Waals surface area contributed by atoms with Crippen molar-refractivity contribution in [3.05, 3.63) is 23.9 Å². The second kappa shape index (κ2) is 6.38. The zero-order chi connectivity index (χ0) is 12.8. The van der Waals surface area contributed by atoms with Gasteiger partial charge in [-0.1, -0.05) is 19.3 Å². The Morgan fingerprint density at radius 3 is 2.94 bits per heavy atom. The summed E-state index contributed by atoms with van der Waals surface area (Å²) in [4.78, 5) is 16.1. The highest BCUT2D eigenvalue weighted by Gasteiger charge is 2.18. The van der Waals surface area contributed by atoms with Gasteiger partial charge in [-0.25, -0.2) is 9.78 Å². The zero-order valence-corrected chi connectivity index (χ0v) is 10.8. The summed E-state index contributed by atoms with van der Waals surface area (Å²) in [7, 11) is 0. The van der Waals surface area contributed by atoms with E-state index in [0.29, 0.717) is 24.0 Å². The minimum Gasteiger partial charge on any atom is -0.462 e. The number of anilines is 1. The molecule has 1 saturated carbocycles. The quantitative estimate of drug-likeness (QED) is 0.832. The van der Waals surface area contributed by atoms with Gasteiger partial charge in [0.15, 0.2) is 0 Å². The fourth-order valence-electron chi connectivity index (χ4n) is 2.33. The smallest absolute Gasteiger partial charge is 0.341 e. The lowest BCUT2D eigenvalue weighted by atomic mass is 9.95. The third-order valence-corrected chi connectivity index (χ3v) is 3.25. The molecule has 1 fully saturated rings. The van der Waals surface area contributed by atoms with Gasteiger partial charge in [0.05, 0.1) is 6.61 Å². The molecule has 4 heteroatoms. The molecule has 0 saturated heterocycles. The Labute approximate surface area is 108 Å². The van der Waals surface area contributed by atoms with Crippen LogP contribution in [-0.2, 0) is 4.74 Å². The van der Waals surface area contributed by atoms with Crippen LogP contribution in [0.15, 0.2) is 18.3 Å². The summed E-state index contributed by atoms with van der Waals surface area (Å²) in [5.41, 5.74) is 0.532. The average molecular weight is 248 g/mol. The van der Waals surface area contributed by atoms with Crippen LogP contribution in [0.2, 0.25) is 0 Å². The standard InChI is InChI=1S/C14H20N2O2/c1-2-18-14(17)12-9-6-10-15-13(12)16-11-7-4-3-5-8-11/h6,9-11H,2-5,7-8H2,1H3,(H,15,16). The van der Waals surface area contributed by atoms with E-state index in [4.69, 9.17) is 4.74 Å². The first kappa shape index (κ1) is 12.9. The van der Waals surface area contributed by atoms with Gasteiger partial charge in [0, 0.05) is 12.2 Å². The van der Waals surface area contributed by atoms with Crippen LogP contribution in [0.1, 0.15) is 49.4 Å². The molecule has 98 valence electrons. The van der Waals surface area contributed by atoms with Crippen LogP contribution < -0.4 is 5.32 Å². The highest BCUT2D eigenvalue weighted by Crippen LogP contribution is 2.22. The predicted molar refractivity (Wildman–Crippen MR) is 70.7 cm³/mol. The number of nitrogens with zero attached hydrogens (tertiary/aromatic N) is 1. The first-order valence-corrected chi connectivity index (χ1v) is 6.70. The fourth-order valence-corrected chi connectivity index (χ4v) is 2.33. The van der Waals surface area contributed by atoms with E-state index >= 15 is 0 Å². The van der Waals surface area contributed by atoms with Crippen LogP contribution in [0.4, 0.5) is 5.82 Å². The van der Waals surface area contributed by atoms with Gasteiger partial charge >= 0.3 is 5.97 Å². The summed E-state index contributed by atoms with van der Waals surface area (Å²) in [6.45, 7) is 2.19. The van der Waals surface area contributed by atoms with Crippen LogP contribution in [0.3, 0.4) is 0 Å². The van der Waals surface area contributed by atoms with Gasteiger partial charge in [-0.05, 0) is 31.9 Å². The molecule has 1 heterocycles. The fraction of sp³-hybridized carbons (Fsp3) is 0.571. The Morgan fingerprint density at radius 1 is 1.44 bits per heavy atom. The molecule has 0 spiro atoms. The minimum atomic E-state index is -0.302. The molecule has 1 aromatic rings. The Morgan fingerprint density at radius 2 is 2.22 bits per heavy atom. The molecule has 1 aliphatic rings. The lowest BCUT2D eigenvalue weighted by molar-refractivity contribution is 0.0527. The summed E-state index contributed by atoms with van der Waals surface area (Å²) >= 11 is 0. The van der Waals surface area contributed by atoms with Crippen molar-refractivity contribution in [2.75, 3.05) is 11.9 Å². The van der Waals surface area contributed by atoms with Crippen molar-refractivity contribution in [2.24, 2.45) is 0 Å². The molecule has 1 N–H and O–H groups in total. The number of hydrogen-bond donors (Lipinski definition) is 1. The van der Waals surface area contributed by atoms with Crippen molar-refractivity contribution in [2.45, 2.75) is 45.1 Å². The molecule has 0 amide bonds. The van der Waals surface area contributed by atoms with E-state index in [0.717, 1.165) is 12.8 Å². The second-order valence-corrected chi connectivity index (χ2v) is 4.60. The van der Waals surface area contributed by atoms with Crippen molar-refractivity contribution < 1.29 is 9.53 Å². The van der Waals surface area contributed by atoms with Gasteiger partial charge in [-0.15, -0.1) is 0 Å². The summed E-state index contributed by atoms with van der Waals surface area (Å²) in [6, 6.07) is 3.95. The normalized spacial score (nSPS) is 16.3. The van der Waals surface area contributed by atoms with Crippen molar-refractivity contribution in [1.29, 1.82) is 0 Å². The molecular formula is C14H20N2O2. The van der Waals surface area contributed by atoms with Gasteiger partial charge in [-0.2, -0.15) is 0 Å². The van der Waals surface area contributed by atoms with E-state index in [1.165, 1.54) is 19.3 Å². The lowest BCUT2D eigenvalue weighted by Crippen LogP contribution is -2.24. The van der Waals surface area contributed by atoms with Crippen molar-refractivity contribution in [3.63, 3.8) is 0 Å². The number of rotatable bonds is 4. The molecule has 0 atom stereocenters. The predicted octanol–water partition coefficient (Wildman–Crippen LogP) is 3.00. The van der Waals surface area contributed by atoms with E-state index in [1.807, 2.05) is 6.92 Å². The topological polar surface area (TPSA) is 51.2 Å². The third-order valence-electron chi connectivity index (χ3n) is 3.25. The van der Waals surface area contributed by atoms with Gasteiger partial charge in [-0.3, -0.25) is 0 Å². The maximum absolute atomic E-state index is 11.8.